The smallest absolute Gasteiger partial charge is 0.244 e. The SMILES string of the molecule is O=C(Cn1cc[n+](C(c2ccccc2)c2ccc(-c3ccccc3)cc2)c1)c1ccccc1.[Br-]. The van der Waals surface area contributed by atoms with Gasteiger partial charge >= 0.3 is 0 Å². The van der Waals surface area contributed by atoms with E-state index in [4.69, 9.17) is 0 Å². The standard InChI is InChI=1S/C30H25N2O.BrH/c33-29(26-12-6-2-7-13-26)22-31-20-21-32(23-31)30(27-14-8-3-9-15-27)28-18-16-25(17-19-28)24-10-4-1-5-11-24;/h1-21,23,30H,22H2;1H/q+1;/p-1. The van der Waals surface area contributed by atoms with Crippen LogP contribution in [-0.2, 0) is 6.54 Å². The molecule has 0 aliphatic carbocycles. The van der Waals surface area contributed by atoms with E-state index >= 15 is 0 Å². The number of ketones is 1. The number of nitrogens with zero attached hydrogens (tertiary/aromatic N) is 2. The number of halogens is 1. The lowest BCUT2D eigenvalue weighted by molar-refractivity contribution is -0.704. The van der Waals surface area contributed by atoms with Gasteiger partial charge in [-0.05, 0) is 11.1 Å². The molecule has 4 aromatic carbocycles. The summed E-state index contributed by atoms with van der Waals surface area (Å²) >= 11 is 0. The highest BCUT2D eigenvalue weighted by atomic mass is 79.9. The first-order valence-electron chi connectivity index (χ1n) is 11.1. The van der Waals surface area contributed by atoms with Crippen LogP contribution in [0.2, 0.25) is 0 Å². The van der Waals surface area contributed by atoms with E-state index in [0.29, 0.717) is 6.54 Å². The Morgan fingerprint density at radius 3 is 1.85 bits per heavy atom. The van der Waals surface area contributed by atoms with Crippen LogP contribution < -0.4 is 21.5 Å². The summed E-state index contributed by atoms with van der Waals surface area (Å²) in [5.74, 6) is 0.0989. The molecule has 0 fully saturated rings. The molecule has 0 saturated carbocycles. The molecule has 168 valence electrons. The zero-order chi connectivity index (χ0) is 22.5. The molecule has 3 nitrogen and oxygen atoms in total. The van der Waals surface area contributed by atoms with E-state index in [1.165, 1.54) is 22.3 Å². The third-order valence-corrected chi connectivity index (χ3v) is 5.88. The average molecular weight is 509 g/mol. The summed E-state index contributed by atoms with van der Waals surface area (Å²) < 4.78 is 4.12. The van der Waals surface area contributed by atoms with Crippen LogP contribution in [-0.4, -0.2) is 10.4 Å². The molecule has 0 saturated heterocycles. The maximum Gasteiger partial charge on any atom is 0.244 e. The van der Waals surface area contributed by atoms with Crippen molar-refractivity contribution in [3.63, 3.8) is 0 Å². The molecule has 0 aliphatic rings. The third-order valence-electron chi connectivity index (χ3n) is 5.88. The summed E-state index contributed by atoms with van der Waals surface area (Å²) in [4.78, 5) is 12.7. The zero-order valence-corrected chi connectivity index (χ0v) is 20.3. The van der Waals surface area contributed by atoms with Crippen LogP contribution in [0, 0.1) is 0 Å². The fourth-order valence-electron chi connectivity index (χ4n) is 4.20. The lowest BCUT2D eigenvalue weighted by Crippen LogP contribution is -3.00. The number of hydrogen-bond donors (Lipinski definition) is 0. The van der Waals surface area contributed by atoms with E-state index in [9.17, 15) is 4.79 Å². The summed E-state index contributed by atoms with van der Waals surface area (Å²) in [7, 11) is 0. The van der Waals surface area contributed by atoms with Gasteiger partial charge in [-0.25, -0.2) is 9.13 Å². The van der Waals surface area contributed by atoms with Crippen LogP contribution >= 0.6 is 0 Å². The van der Waals surface area contributed by atoms with E-state index < -0.39 is 0 Å². The minimum absolute atomic E-state index is 0. The quantitative estimate of drug-likeness (QED) is 0.245. The van der Waals surface area contributed by atoms with Crippen molar-refractivity contribution < 1.29 is 26.3 Å². The Morgan fingerprint density at radius 1 is 0.676 bits per heavy atom. The van der Waals surface area contributed by atoms with Crippen molar-refractivity contribution in [2.24, 2.45) is 0 Å². The van der Waals surface area contributed by atoms with Crippen LogP contribution in [0.3, 0.4) is 0 Å². The molecular weight excluding hydrogens is 484 g/mol. The Labute approximate surface area is 210 Å². The van der Waals surface area contributed by atoms with E-state index in [-0.39, 0.29) is 28.8 Å². The fraction of sp³-hybridized carbons (Fsp3) is 0.0667. The van der Waals surface area contributed by atoms with Gasteiger partial charge in [0.05, 0.1) is 0 Å². The van der Waals surface area contributed by atoms with E-state index in [1.807, 2.05) is 65.8 Å². The third kappa shape index (κ3) is 5.24. The highest BCUT2D eigenvalue weighted by Crippen LogP contribution is 2.25. The minimum Gasteiger partial charge on any atom is -1.00 e. The van der Waals surface area contributed by atoms with Crippen LogP contribution in [0.25, 0.3) is 11.1 Å². The van der Waals surface area contributed by atoms with Gasteiger partial charge in [-0.3, -0.25) is 4.79 Å². The fourth-order valence-corrected chi connectivity index (χ4v) is 4.20. The predicted molar refractivity (Wildman–Crippen MR) is 131 cm³/mol. The molecule has 1 aromatic heterocycles. The average Bonchev–Trinajstić information content (AvgIpc) is 3.34. The molecule has 1 heterocycles. The van der Waals surface area contributed by atoms with Gasteiger partial charge in [-0.15, -0.1) is 0 Å². The van der Waals surface area contributed by atoms with Crippen molar-refractivity contribution in [2.75, 3.05) is 0 Å². The maximum atomic E-state index is 12.7. The van der Waals surface area contributed by atoms with Gasteiger partial charge in [0.2, 0.25) is 12.1 Å². The van der Waals surface area contributed by atoms with E-state index in [0.717, 1.165) is 5.56 Å². The second-order valence-corrected chi connectivity index (χ2v) is 8.12. The zero-order valence-electron chi connectivity index (χ0n) is 18.7. The Morgan fingerprint density at radius 2 is 1.21 bits per heavy atom. The Hall–Kier alpha value is -3.76. The minimum atomic E-state index is 0. The molecule has 0 spiro atoms. The van der Waals surface area contributed by atoms with E-state index in [2.05, 4.69) is 77.4 Å². The maximum absolute atomic E-state index is 12.7. The number of hydrogen-bond acceptors (Lipinski definition) is 1. The van der Waals surface area contributed by atoms with Gasteiger partial charge in [0.15, 0.2) is 12.6 Å². The van der Waals surface area contributed by atoms with Gasteiger partial charge in [-0.1, -0.05) is 115 Å². The molecule has 1 unspecified atom stereocenters. The Balaban J connectivity index is 0.00000274. The largest absolute Gasteiger partial charge is 1.00 e. The number of imidazole rings is 1. The predicted octanol–water partition coefficient (Wildman–Crippen LogP) is 2.97. The summed E-state index contributed by atoms with van der Waals surface area (Å²) in [5, 5.41) is 0. The second-order valence-electron chi connectivity index (χ2n) is 8.12. The lowest BCUT2D eigenvalue weighted by Gasteiger charge is -2.15. The van der Waals surface area contributed by atoms with Crippen LogP contribution in [0.4, 0.5) is 0 Å². The molecule has 1 atom stereocenters. The Bertz CT molecular complexity index is 1330. The van der Waals surface area contributed by atoms with Crippen molar-refractivity contribution in [1.29, 1.82) is 0 Å². The molecule has 34 heavy (non-hydrogen) atoms. The lowest BCUT2D eigenvalue weighted by atomic mass is 9.96. The number of benzene rings is 4. The second kappa shape index (κ2) is 10.9. The van der Waals surface area contributed by atoms with Crippen LogP contribution in [0.1, 0.15) is 27.5 Å². The van der Waals surface area contributed by atoms with Gasteiger partial charge in [0, 0.05) is 16.7 Å². The summed E-state index contributed by atoms with van der Waals surface area (Å²) in [6.07, 6.45) is 6.03. The molecule has 0 aliphatic heterocycles. The number of carbonyl (C=O) groups excluding carboxylic acids is 1. The highest BCUT2D eigenvalue weighted by Gasteiger charge is 2.22. The topological polar surface area (TPSA) is 25.9 Å². The summed E-state index contributed by atoms with van der Waals surface area (Å²) in [5.41, 5.74) is 5.52. The summed E-state index contributed by atoms with van der Waals surface area (Å²) in [6, 6.07) is 39.1. The van der Waals surface area contributed by atoms with Gasteiger partial charge in [0.25, 0.3) is 0 Å². The van der Waals surface area contributed by atoms with Crippen LogP contribution in [0.15, 0.2) is 134 Å². The molecule has 0 bridgehead atoms. The molecule has 0 amide bonds. The summed E-state index contributed by atoms with van der Waals surface area (Å²) in [6.45, 7) is 0.311. The number of Topliss-reactive ketones (excluding diaryl/α,β-unsaturated/α-hetero) is 1. The van der Waals surface area contributed by atoms with Crippen molar-refractivity contribution in [3.05, 3.63) is 151 Å². The molecular formula is C30H25BrN2O. The molecule has 0 radical (unpaired) electrons. The van der Waals surface area contributed by atoms with Crippen molar-refractivity contribution in [1.82, 2.24) is 4.57 Å². The monoisotopic (exact) mass is 508 g/mol. The number of carbonyl (C=O) groups is 1. The number of rotatable bonds is 7. The highest BCUT2D eigenvalue weighted by molar-refractivity contribution is 5.95. The molecule has 0 N–H and O–H groups in total. The first kappa shape index (κ1) is 23.4. The van der Waals surface area contributed by atoms with Gasteiger partial charge in [-0.2, -0.15) is 0 Å². The van der Waals surface area contributed by atoms with Crippen molar-refractivity contribution >= 4 is 5.78 Å². The Kier molecular flexibility index (Phi) is 7.51. The van der Waals surface area contributed by atoms with E-state index in [1.54, 1.807) is 0 Å². The molecule has 4 heteroatoms. The molecule has 5 rings (SSSR count). The van der Waals surface area contributed by atoms with Crippen LogP contribution in [0.5, 0.6) is 0 Å². The van der Waals surface area contributed by atoms with Gasteiger partial charge in [0.1, 0.15) is 12.4 Å². The normalized spacial score (nSPS) is 11.4. The number of aromatic nitrogens is 2. The molecule has 5 aromatic rings. The first-order valence-corrected chi connectivity index (χ1v) is 11.1. The van der Waals surface area contributed by atoms with Crippen molar-refractivity contribution in [2.45, 2.75) is 12.6 Å². The van der Waals surface area contributed by atoms with Gasteiger partial charge < -0.3 is 17.0 Å². The first-order chi connectivity index (χ1) is 16.3. The van der Waals surface area contributed by atoms with Crippen molar-refractivity contribution in [3.8, 4) is 11.1 Å².